The van der Waals surface area contributed by atoms with Gasteiger partial charge in [0.15, 0.2) is 11.5 Å². The predicted molar refractivity (Wildman–Crippen MR) is 117 cm³/mol. The maximum atomic E-state index is 13.4. The predicted octanol–water partition coefficient (Wildman–Crippen LogP) is 5.35. The summed E-state index contributed by atoms with van der Waals surface area (Å²) >= 11 is 3.49. The molecule has 4 aromatic rings. The van der Waals surface area contributed by atoms with Crippen molar-refractivity contribution in [2.45, 2.75) is 6.92 Å². The van der Waals surface area contributed by atoms with E-state index in [-0.39, 0.29) is 22.8 Å². The summed E-state index contributed by atoms with van der Waals surface area (Å²) in [5, 5.41) is 15.6. The van der Waals surface area contributed by atoms with Crippen LogP contribution in [0.3, 0.4) is 0 Å². The first-order valence-corrected chi connectivity index (χ1v) is 9.97. The Kier molecular flexibility index (Phi) is 5.43. The highest BCUT2D eigenvalue weighted by Gasteiger charge is 2.28. The first-order chi connectivity index (χ1) is 14.9. The standard InChI is InChI=1S/C22H16BrN3O5/c1-13-3-5-14(6-4-13)21(27)19-20(17-11-12-18(31-17)26(28)29)24-25(22(19)23)15-7-9-16(30-2)10-8-15/h3-12H,1-2H3. The van der Waals surface area contributed by atoms with Gasteiger partial charge in [-0.05, 0) is 53.2 Å². The van der Waals surface area contributed by atoms with Gasteiger partial charge in [-0.25, -0.2) is 4.68 Å². The first kappa shape index (κ1) is 20.5. The molecule has 0 fully saturated rings. The van der Waals surface area contributed by atoms with Crippen LogP contribution in [0.1, 0.15) is 21.5 Å². The number of carbonyl (C=O) groups is 1. The Hall–Kier alpha value is -3.72. The molecule has 0 unspecified atom stereocenters. The number of aryl methyl sites for hydroxylation is 1. The molecular formula is C22H16BrN3O5. The fourth-order valence-electron chi connectivity index (χ4n) is 3.07. The van der Waals surface area contributed by atoms with Crippen molar-refractivity contribution in [1.82, 2.24) is 9.78 Å². The van der Waals surface area contributed by atoms with Crippen molar-refractivity contribution in [2.24, 2.45) is 0 Å². The Bertz CT molecular complexity index is 1270. The molecule has 156 valence electrons. The highest BCUT2D eigenvalue weighted by molar-refractivity contribution is 9.10. The second-order valence-corrected chi connectivity index (χ2v) is 7.47. The number of aromatic nitrogens is 2. The van der Waals surface area contributed by atoms with Crippen molar-refractivity contribution in [2.75, 3.05) is 7.11 Å². The number of hydrogen-bond acceptors (Lipinski definition) is 6. The van der Waals surface area contributed by atoms with Crippen LogP contribution >= 0.6 is 15.9 Å². The minimum atomic E-state index is -0.638. The Morgan fingerprint density at radius 1 is 1.10 bits per heavy atom. The zero-order chi connectivity index (χ0) is 22.1. The van der Waals surface area contributed by atoms with Gasteiger partial charge in [-0.3, -0.25) is 14.9 Å². The third-order valence-electron chi connectivity index (χ3n) is 4.69. The van der Waals surface area contributed by atoms with E-state index in [0.717, 1.165) is 5.56 Å². The van der Waals surface area contributed by atoms with Crippen LogP contribution < -0.4 is 4.74 Å². The SMILES string of the molecule is COc1ccc(-n2nc(-c3ccc([N+](=O)[O-])o3)c(C(=O)c3ccc(C)cc3)c2Br)cc1. The molecule has 0 radical (unpaired) electrons. The maximum absolute atomic E-state index is 13.4. The van der Waals surface area contributed by atoms with E-state index in [0.29, 0.717) is 21.6 Å². The number of halogens is 1. The number of carbonyl (C=O) groups excluding carboxylic acids is 1. The van der Waals surface area contributed by atoms with Gasteiger partial charge in [0.2, 0.25) is 0 Å². The van der Waals surface area contributed by atoms with Crippen LogP contribution in [0.15, 0.2) is 69.7 Å². The number of methoxy groups -OCH3 is 1. The molecule has 0 aliphatic rings. The summed E-state index contributed by atoms with van der Waals surface area (Å²) in [4.78, 5) is 23.8. The fourth-order valence-corrected chi connectivity index (χ4v) is 3.72. The molecule has 2 heterocycles. The van der Waals surface area contributed by atoms with E-state index in [1.54, 1.807) is 43.5 Å². The zero-order valence-electron chi connectivity index (χ0n) is 16.5. The minimum absolute atomic E-state index is 0.120. The molecule has 2 aromatic carbocycles. The summed E-state index contributed by atoms with van der Waals surface area (Å²) in [5.41, 5.74) is 2.58. The fraction of sp³-hybridized carbons (Fsp3) is 0.0909. The monoisotopic (exact) mass is 481 g/mol. The Morgan fingerprint density at radius 2 is 1.77 bits per heavy atom. The van der Waals surface area contributed by atoms with E-state index in [4.69, 9.17) is 9.15 Å². The molecule has 0 aliphatic heterocycles. The number of nitro groups is 1. The van der Waals surface area contributed by atoms with Gasteiger partial charge in [-0.2, -0.15) is 5.10 Å². The Labute approximate surface area is 185 Å². The van der Waals surface area contributed by atoms with Crippen LogP contribution in [-0.4, -0.2) is 27.6 Å². The lowest BCUT2D eigenvalue weighted by molar-refractivity contribution is -0.401. The molecular weight excluding hydrogens is 466 g/mol. The highest BCUT2D eigenvalue weighted by Crippen LogP contribution is 2.35. The molecule has 0 bridgehead atoms. The molecule has 0 atom stereocenters. The normalized spacial score (nSPS) is 10.8. The Morgan fingerprint density at radius 3 is 2.35 bits per heavy atom. The van der Waals surface area contributed by atoms with Gasteiger partial charge in [0.1, 0.15) is 21.0 Å². The average molecular weight is 482 g/mol. The number of rotatable bonds is 6. The van der Waals surface area contributed by atoms with Crippen molar-refractivity contribution >= 4 is 27.6 Å². The minimum Gasteiger partial charge on any atom is -0.497 e. The van der Waals surface area contributed by atoms with Gasteiger partial charge in [-0.15, -0.1) is 0 Å². The van der Waals surface area contributed by atoms with E-state index in [2.05, 4.69) is 21.0 Å². The van der Waals surface area contributed by atoms with E-state index in [1.807, 2.05) is 19.1 Å². The summed E-state index contributed by atoms with van der Waals surface area (Å²) in [6.45, 7) is 1.93. The van der Waals surface area contributed by atoms with Crippen LogP contribution in [0.2, 0.25) is 0 Å². The average Bonchev–Trinajstić information content (AvgIpc) is 3.39. The van der Waals surface area contributed by atoms with Crippen molar-refractivity contribution in [3.05, 3.63) is 92.1 Å². The van der Waals surface area contributed by atoms with Gasteiger partial charge in [0.25, 0.3) is 0 Å². The summed E-state index contributed by atoms with van der Waals surface area (Å²) in [6, 6.07) is 16.9. The topological polar surface area (TPSA) is 100 Å². The van der Waals surface area contributed by atoms with Crippen molar-refractivity contribution < 1.29 is 18.9 Å². The van der Waals surface area contributed by atoms with E-state index in [9.17, 15) is 14.9 Å². The third kappa shape index (κ3) is 3.87. The van der Waals surface area contributed by atoms with Gasteiger partial charge < -0.3 is 9.15 Å². The van der Waals surface area contributed by atoms with E-state index in [1.165, 1.54) is 16.8 Å². The van der Waals surface area contributed by atoms with Crippen LogP contribution in [0.25, 0.3) is 17.1 Å². The van der Waals surface area contributed by atoms with Gasteiger partial charge in [0, 0.05) is 5.56 Å². The lowest BCUT2D eigenvalue weighted by Gasteiger charge is -2.05. The van der Waals surface area contributed by atoms with Gasteiger partial charge in [-0.1, -0.05) is 29.8 Å². The van der Waals surface area contributed by atoms with Crippen molar-refractivity contribution in [3.8, 4) is 22.9 Å². The molecule has 0 saturated heterocycles. The molecule has 0 amide bonds. The van der Waals surface area contributed by atoms with Crippen LogP contribution in [0.5, 0.6) is 5.75 Å². The molecule has 0 aliphatic carbocycles. The molecule has 0 spiro atoms. The first-order valence-electron chi connectivity index (χ1n) is 9.18. The van der Waals surface area contributed by atoms with Crippen molar-refractivity contribution in [1.29, 1.82) is 0 Å². The summed E-state index contributed by atoms with van der Waals surface area (Å²) in [5.74, 6) is 0.0690. The summed E-state index contributed by atoms with van der Waals surface area (Å²) in [6.07, 6.45) is 0. The lowest BCUT2D eigenvalue weighted by atomic mass is 10.0. The number of ketones is 1. The Balaban J connectivity index is 1.89. The van der Waals surface area contributed by atoms with Gasteiger partial charge in [0.05, 0.1) is 24.4 Å². The number of benzene rings is 2. The van der Waals surface area contributed by atoms with E-state index < -0.39 is 10.8 Å². The van der Waals surface area contributed by atoms with Crippen LogP contribution in [-0.2, 0) is 0 Å². The second-order valence-electron chi connectivity index (χ2n) is 6.71. The molecule has 0 saturated carbocycles. The van der Waals surface area contributed by atoms with Crippen LogP contribution in [0.4, 0.5) is 5.88 Å². The number of nitrogens with zero attached hydrogens (tertiary/aromatic N) is 3. The number of furan rings is 1. The number of ether oxygens (including phenoxy) is 1. The summed E-state index contributed by atoms with van der Waals surface area (Å²) < 4.78 is 12.5. The lowest BCUT2D eigenvalue weighted by Crippen LogP contribution is -2.03. The van der Waals surface area contributed by atoms with E-state index >= 15 is 0 Å². The molecule has 8 nitrogen and oxygen atoms in total. The molecule has 4 rings (SSSR count). The zero-order valence-corrected chi connectivity index (χ0v) is 18.1. The molecule has 31 heavy (non-hydrogen) atoms. The largest absolute Gasteiger partial charge is 0.497 e. The smallest absolute Gasteiger partial charge is 0.433 e. The summed E-state index contributed by atoms with van der Waals surface area (Å²) in [7, 11) is 1.57. The highest BCUT2D eigenvalue weighted by atomic mass is 79.9. The molecule has 2 aromatic heterocycles. The van der Waals surface area contributed by atoms with Crippen molar-refractivity contribution in [3.63, 3.8) is 0 Å². The number of hydrogen-bond donors (Lipinski definition) is 0. The quantitative estimate of drug-likeness (QED) is 0.209. The van der Waals surface area contributed by atoms with Gasteiger partial charge >= 0.3 is 5.88 Å². The third-order valence-corrected chi connectivity index (χ3v) is 5.42. The molecule has 0 N–H and O–H groups in total. The second kappa shape index (κ2) is 8.19. The molecule has 9 heteroatoms. The van der Waals surface area contributed by atoms with Crippen LogP contribution in [0, 0.1) is 17.0 Å². The maximum Gasteiger partial charge on any atom is 0.433 e.